The van der Waals surface area contributed by atoms with Crippen LogP contribution in [-0.4, -0.2) is 14.8 Å². The first-order valence-corrected chi connectivity index (χ1v) is 5.47. The molecule has 0 unspecified atom stereocenters. The zero-order valence-corrected chi connectivity index (χ0v) is 10.3. The minimum absolute atomic E-state index is 0.360. The van der Waals surface area contributed by atoms with Crippen LogP contribution in [0.4, 0.5) is 5.69 Å². The van der Waals surface area contributed by atoms with E-state index in [9.17, 15) is 0 Å². The molecule has 0 bridgehead atoms. The Labute approximate surface area is 101 Å². The summed E-state index contributed by atoms with van der Waals surface area (Å²) in [7, 11) is 1.82. The maximum absolute atomic E-state index is 5.74. The molecule has 2 aromatic rings. The first-order valence-electron chi connectivity index (χ1n) is 4.68. The molecule has 16 heavy (non-hydrogen) atoms. The number of ether oxygens (including phenoxy) is 1. The molecule has 0 saturated carbocycles. The lowest BCUT2D eigenvalue weighted by molar-refractivity contribution is 0.288. The van der Waals surface area contributed by atoms with Crippen LogP contribution in [0.25, 0.3) is 0 Å². The number of hydrogen-bond donors (Lipinski definition) is 1. The molecule has 84 valence electrons. The number of aromatic nitrogens is 3. The number of rotatable bonds is 3. The van der Waals surface area contributed by atoms with E-state index in [1.165, 1.54) is 6.33 Å². The Morgan fingerprint density at radius 1 is 1.50 bits per heavy atom. The van der Waals surface area contributed by atoms with Gasteiger partial charge in [-0.15, -0.1) is 0 Å². The van der Waals surface area contributed by atoms with Gasteiger partial charge in [0.25, 0.3) is 0 Å². The van der Waals surface area contributed by atoms with Gasteiger partial charge in [0.2, 0.25) is 0 Å². The van der Waals surface area contributed by atoms with Gasteiger partial charge in [-0.25, -0.2) is 4.98 Å². The van der Waals surface area contributed by atoms with Gasteiger partial charge in [0.15, 0.2) is 5.82 Å². The van der Waals surface area contributed by atoms with E-state index in [4.69, 9.17) is 10.5 Å². The number of halogens is 1. The summed E-state index contributed by atoms with van der Waals surface area (Å²) in [5.41, 5.74) is 6.39. The van der Waals surface area contributed by atoms with Crippen molar-refractivity contribution in [3.63, 3.8) is 0 Å². The molecule has 0 amide bonds. The first kappa shape index (κ1) is 10.9. The van der Waals surface area contributed by atoms with E-state index < -0.39 is 0 Å². The highest BCUT2D eigenvalue weighted by molar-refractivity contribution is 9.10. The van der Waals surface area contributed by atoms with Crippen LogP contribution in [0.2, 0.25) is 0 Å². The van der Waals surface area contributed by atoms with E-state index in [1.807, 2.05) is 19.2 Å². The molecule has 0 aliphatic rings. The lowest BCUT2D eigenvalue weighted by Crippen LogP contribution is -2.05. The summed E-state index contributed by atoms with van der Waals surface area (Å²) < 4.78 is 8.02. The average Bonchev–Trinajstić information content (AvgIpc) is 2.67. The Balaban J connectivity index is 2.11. The van der Waals surface area contributed by atoms with Gasteiger partial charge in [-0.2, -0.15) is 5.10 Å². The molecule has 0 aliphatic heterocycles. The summed E-state index contributed by atoms with van der Waals surface area (Å²) in [6.45, 7) is 0.360. The number of benzene rings is 1. The zero-order valence-electron chi connectivity index (χ0n) is 8.72. The minimum atomic E-state index is 0.360. The van der Waals surface area contributed by atoms with Gasteiger partial charge >= 0.3 is 0 Å². The van der Waals surface area contributed by atoms with Crippen molar-refractivity contribution in [1.82, 2.24) is 14.8 Å². The molecule has 0 radical (unpaired) electrons. The third-order valence-electron chi connectivity index (χ3n) is 2.16. The van der Waals surface area contributed by atoms with E-state index in [0.717, 1.165) is 10.3 Å². The summed E-state index contributed by atoms with van der Waals surface area (Å²) in [4.78, 5) is 4.06. The van der Waals surface area contributed by atoms with Crippen molar-refractivity contribution in [2.45, 2.75) is 6.61 Å². The summed E-state index contributed by atoms with van der Waals surface area (Å²) >= 11 is 3.37. The second kappa shape index (κ2) is 4.52. The van der Waals surface area contributed by atoms with E-state index in [2.05, 4.69) is 26.0 Å². The SMILES string of the molecule is Cn1ncnc1COc1cccc(N)c1Br. The highest BCUT2D eigenvalue weighted by atomic mass is 79.9. The number of anilines is 1. The van der Waals surface area contributed by atoms with Crippen LogP contribution in [0.15, 0.2) is 29.0 Å². The van der Waals surface area contributed by atoms with Crippen LogP contribution < -0.4 is 10.5 Å². The summed E-state index contributed by atoms with van der Waals surface area (Å²) in [5.74, 6) is 1.46. The van der Waals surface area contributed by atoms with Crippen LogP contribution in [0.5, 0.6) is 5.75 Å². The van der Waals surface area contributed by atoms with Gasteiger partial charge in [-0.1, -0.05) is 6.07 Å². The van der Waals surface area contributed by atoms with Crippen molar-refractivity contribution in [3.8, 4) is 5.75 Å². The largest absolute Gasteiger partial charge is 0.484 e. The van der Waals surface area contributed by atoms with Crippen LogP contribution in [0, 0.1) is 0 Å². The van der Waals surface area contributed by atoms with Gasteiger partial charge in [-0.05, 0) is 28.1 Å². The van der Waals surface area contributed by atoms with Gasteiger partial charge in [0.1, 0.15) is 18.7 Å². The number of hydrogen-bond acceptors (Lipinski definition) is 4. The quantitative estimate of drug-likeness (QED) is 0.871. The second-order valence-corrected chi connectivity index (χ2v) is 4.04. The van der Waals surface area contributed by atoms with Gasteiger partial charge in [0.05, 0.1) is 4.47 Å². The highest BCUT2D eigenvalue weighted by Crippen LogP contribution is 2.30. The molecule has 2 rings (SSSR count). The Kier molecular flexibility index (Phi) is 3.09. The smallest absolute Gasteiger partial charge is 0.164 e. The molecule has 1 aromatic heterocycles. The Morgan fingerprint density at radius 3 is 3.00 bits per heavy atom. The topological polar surface area (TPSA) is 66.0 Å². The van der Waals surface area contributed by atoms with Crippen molar-refractivity contribution >= 4 is 21.6 Å². The molecule has 0 atom stereocenters. The molecule has 0 saturated heterocycles. The fourth-order valence-electron chi connectivity index (χ4n) is 1.23. The Bertz CT molecular complexity index is 497. The van der Waals surface area contributed by atoms with Gasteiger partial charge in [0, 0.05) is 12.7 Å². The minimum Gasteiger partial charge on any atom is -0.484 e. The third-order valence-corrected chi connectivity index (χ3v) is 3.00. The van der Waals surface area contributed by atoms with Crippen LogP contribution in [0.1, 0.15) is 5.82 Å². The van der Waals surface area contributed by atoms with Crippen molar-refractivity contribution in [2.24, 2.45) is 7.05 Å². The molecular weight excluding hydrogens is 272 g/mol. The monoisotopic (exact) mass is 282 g/mol. The fraction of sp³-hybridized carbons (Fsp3) is 0.200. The van der Waals surface area contributed by atoms with E-state index in [0.29, 0.717) is 18.0 Å². The molecule has 0 fully saturated rings. The molecule has 1 heterocycles. The van der Waals surface area contributed by atoms with Crippen molar-refractivity contribution < 1.29 is 4.74 Å². The normalized spacial score (nSPS) is 10.4. The predicted octanol–water partition coefficient (Wildman–Crippen LogP) is 1.74. The van der Waals surface area contributed by atoms with Gasteiger partial charge < -0.3 is 10.5 Å². The van der Waals surface area contributed by atoms with E-state index in [-0.39, 0.29) is 0 Å². The first-order chi connectivity index (χ1) is 7.68. The number of aryl methyl sites for hydroxylation is 1. The molecule has 5 nitrogen and oxygen atoms in total. The third kappa shape index (κ3) is 2.16. The molecule has 2 N–H and O–H groups in total. The zero-order chi connectivity index (χ0) is 11.5. The molecule has 6 heteroatoms. The van der Waals surface area contributed by atoms with Crippen LogP contribution in [-0.2, 0) is 13.7 Å². The highest BCUT2D eigenvalue weighted by Gasteiger charge is 2.06. The molecular formula is C10H11BrN4O. The van der Waals surface area contributed by atoms with Crippen molar-refractivity contribution in [2.75, 3.05) is 5.73 Å². The predicted molar refractivity (Wildman–Crippen MR) is 63.9 cm³/mol. The average molecular weight is 283 g/mol. The molecule has 1 aromatic carbocycles. The van der Waals surface area contributed by atoms with E-state index >= 15 is 0 Å². The lowest BCUT2D eigenvalue weighted by atomic mass is 10.3. The Hall–Kier alpha value is -1.56. The van der Waals surface area contributed by atoms with E-state index in [1.54, 1.807) is 10.7 Å². The van der Waals surface area contributed by atoms with Gasteiger partial charge in [-0.3, -0.25) is 4.68 Å². The fourth-order valence-corrected chi connectivity index (χ4v) is 1.61. The molecule has 0 aliphatic carbocycles. The van der Waals surface area contributed by atoms with Crippen LogP contribution >= 0.6 is 15.9 Å². The maximum atomic E-state index is 5.74. The summed E-state index contributed by atoms with van der Waals surface area (Å²) in [6.07, 6.45) is 1.49. The lowest BCUT2D eigenvalue weighted by Gasteiger charge is -2.08. The summed E-state index contributed by atoms with van der Waals surface area (Å²) in [6, 6.07) is 5.49. The summed E-state index contributed by atoms with van der Waals surface area (Å²) in [5, 5.41) is 3.96. The maximum Gasteiger partial charge on any atom is 0.164 e. The van der Waals surface area contributed by atoms with Crippen molar-refractivity contribution in [3.05, 3.63) is 34.8 Å². The standard InChI is InChI=1S/C10H11BrN4O/c1-15-9(13-6-14-15)5-16-8-4-2-3-7(12)10(8)11/h2-4,6H,5,12H2,1H3. The Morgan fingerprint density at radius 2 is 2.31 bits per heavy atom. The second-order valence-electron chi connectivity index (χ2n) is 3.25. The number of nitrogens with two attached hydrogens (primary N) is 1. The molecule has 0 spiro atoms. The van der Waals surface area contributed by atoms with Crippen LogP contribution in [0.3, 0.4) is 0 Å². The number of nitrogens with zero attached hydrogens (tertiary/aromatic N) is 3. The number of nitrogen functional groups attached to an aromatic ring is 1. The van der Waals surface area contributed by atoms with Crippen molar-refractivity contribution in [1.29, 1.82) is 0 Å².